The van der Waals surface area contributed by atoms with E-state index < -0.39 is 36.3 Å². The van der Waals surface area contributed by atoms with Crippen LogP contribution in [-0.4, -0.2) is 43.0 Å². The minimum Gasteiger partial charge on any atom is -0.464 e. The number of benzene rings is 1. The second-order valence-corrected chi connectivity index (χ2v) is 5.79. The zero-order chi connectivity index (χ0) is 18.9. The number of esters is 1. The van der Waals surface area contributed by atoms with Crippen LogP contribution in [0, 0.1) is 0 Å². The second-order valence-electron chi connectivity index (χ2n) is 5.79. The van der Waals surface area contributed by atoms with Crippen LogP contribution in [0.4, 0.5) is 4.79 Å². The smallest absolute Gasteiger partial charge is 0.409 e. The molecule has 1 heterocycles. The molecule has 0 spiro atoms. The van der Waals surface area contributed by atoms with E-state index in [1.54, 1.807) is 6.92 Å². The van der Waals surface area contributed by atoms with Crippen LogP contribution in [0.5, 0.6) is 0 Å². The lowest BCUT2D eigenvalue weighted by Gasteiger charge is -2.19. The Morgan fingerprint density at radius 1 is 1.08 bits per heavy atom. The first kappa shape index (κ1) is 19.7. The van der Waals surface area contributed by atoms with Gasteiger partial charge in [-0.3, -0.25) is 4.79 Å². The number of nitrogens with one attached hydrogen (secondary N) is 2. The van der Waals surface area contributed by atoms with Crippen molar-refractivity contribution in [1.29, 1.82) is 0 Å². The first-order chi connectivity index (χ1) is 12.5. The number of hydrogen-bond acceptors (Lipinski definition) is 6. The minimum absolute atomic E-state index is 0.135. The third-order valence-corrected chi connectivity index (χ3v) is 3.67. The zero-order valence-corrected chi connectivity index (χ0v) is 14.9. The number of amides is 2. The number of carbonyl (C=O) groups excluding carboxylic acids is 3. The number of hydrogen-bond donors (Lipinski definition) is 2. The van der Waals surface area contributed by atoms with Crippen LogP contribution in [0.25, 0.3) is 0 Å². The van der Waals surface area contributed by atoms with Crippen LogP contribution >= 0.6 is 0 Å². The van der Waals surface area contributed by atoms with E-state index in [4.69, 9.17) is 14.2 Å². The summed E-state index contributed by atoms with van der Waals surface area (Å²) in [4.78, 5) is 35.6. The Kier molecular flexibility index (Phi) is 7.40. The summed E-state index contributed by atoms with van der Waals surface area (Å²) >= 11 is 0. The fourth-order valence-corrected chi connectivity index (χ4v) is 2.35. The molecule has 1 aliphatic rings. The average Bonchev–Trinajstić information content (AvgIpc) is 3.42. The molecule has 0 bridgehead atoms. The van der Waals surface area contributed by atoms with Gasteiger partial charge in [0.15, 0.2) is 12.2 Å². The Morgan fingerprint density at radius 3 is 2.46 bits per heavy atom. The van der Waals surface area contributed by atoms with Crippen LogP contribution in [0.3, 0.4) is 0 Å². The lowest BCUT2D eigenvalue weighted by atomic mass is 10.2. The van der Waals surface area contributed by atoms with Gasteiger partial charge in [-0.1, -0.05) is 43.7 Å². The highest BCUT2D eigenvalue weighted by molar-refractivity contribution is 5.93. The van der Waals surface area contributed by atoms with Crippen LogP contribution < -0.4 is 10.6 Å². The Morgan fingerprint density at radius 2 is 1.81 bits per heavy atom. The largest absolute Gasteiger partial charge is 0.464 e. The molecule has 0 saturated carbocycles. The normalized spacial score (nSPS) is 19.2. The van der Waals surface area contributed by atoms with Crippen molar-refractivity contribution in [3.8, 4) is 0 Å². The molecule has 26 heavy (non-hydrogen) atoms. The lowest BCUT2D eigenvalue weighted by Crippen LogP contribution is -2.49. The third kappa shape index (κ3) is 6.03. The highest BCUT2D eigenvalue weighted by Gasteiger charge is 2.51. The van der Waals surface area contributed by atoms with Crippen molar-refractivity contribution in [1.82, 2.24) is 10.6 Å². The first-order valence-corrected chi connectivity index (χ1v) is 8.64. The molecule has 3 atom stereocenters. The molecule has 1 aliphatic heterocycles. The van der Waals surface area contributed by atoms with Crippen LogP contribution in [0.15, 0.2) is 30.3 Å². The van der Waals surface area contributed by atoms with Crippen molar-refractivity contribution < 1.29 is 28.6 Å². The Bertz CT molecular complexity index is 621. The molecule has 0 aliphatic carbocycles. The molecule has 8 heteroatoms. The van der Waals surface area contributed by atoms with Crippen molar-refractivity contribution in [3.05, 3.63) is 35.9 Å². The molecule has 1 aromatic rings. The Labute approximate surface area is 152 Å². The summed E-state index contributed by atoms with van der Waals surface area (Å²) in [5.41, 5.74) is 0.863. The number of rotatable bonds is 9. The van der Waals surface area contributed by atoms with Gasteiger partial charge in [0.05, 0.1) is 6.61 Å². The summed E-state index contributed by atoms with van der Waals surface area (Å²) < 4.78 is 15.0. The van der Waals surface area contributed by atoms with Gasteiger partial charge in [0, 0.05) is 0 Å². The second kappa shape index (κ2) is 9.76. The van der Waals surface area contributed by atoms with Gasteiger partial charge in [0.2, 0.25) is 0 Å². The van der Waals surface area contributed by atoms with Gasteiger partial charge in [-0.25, -0.2) is 9.59 Å². The minimum atomic E-state index is -0.879. The Hall–Kier alpha value is -2.61. The van der Waals surface area contributed by atoms with E-state index in [1.165, 1.54) is 0 Å². The predicted molar refractivity (Wildman–Crippen MR) is 91.9 cm³/mol. The van der Waals surface area contributed by atoms with E-state index in [9.17, 15) is 14.4 Å². The van der Waals surface area contributed by atoms with E-state index in [0.29, 0.717) is 6.42 Å². The van der Waals surface area contributed by atoms with E-state index in [-0.39, 0.29) is 13.2 Å². The van der Waals surface area contributed by atoms with Crippen LogP contribution in [0.2, 0.25) is 0 Å². The molecule has 1 fully saturated rings. The van der Waals surface area contributed by atoms with Crippen molar-refractivity contribution in [2.75, 3.05) is 6.61 Å². The molecule has 8 nitrogen and oxygen atoms in total. The standard InChI is InChI=1S/C18H24N2O6/c1-3-8-13(19-16(21)14-15(26-14)17(22)24-4-2)20-18(23)25-11-12-9-6-5-7-10-12/h5-7,9-10,13-15H,3-4,8,11H2,1-2H3,(H,19,21)(H,20,23). The SMILES string of the molecule is CCCC(NC(=O)OCc1ccccc1)NC(=O)C1OC1C(=O)OCC. The van der Waals surface area contributed by atoms with Crippen molar-refractivity contribution in [2.45, 2.75) is 51.7 Å². The van der Waals surface area contributed by atoms with Gasteiger partial charge in [-0.15, -0.1) is 0 Å². The Balaban J connectivity index is 1.78. The molecule has 0 radical (unpaired) electrons. The average molecular weight is 364 g/mol. The van der Waals surface area contributed by atoms with Gasteiger partial charge < -0.3 is 24.8 Å². The van der Waals surface area contributed by atoms with Crippen LogP contribution in [0.1, 0.15) is 32.3 Å². The summed E-state index contributed by atoms with van der Waals surface area (Å²) in [6.07, 6.45) is -1.74. The predicted octanol–water partition coefficient (Wildman–Crippen LogP) is 1.49. The molecular weight excluding hydrogens is 340 g/mol. The molecule has 2 rings (SSSR count). The fraction of sp³-hybridized carbons (Fsp3) is 0.500. The maximum Gasteiger partial charge on any atom is 0.409 e. The lowest BCUT2D eigenvalue weighted by molar-refractivity contribution is -0.144. The maximum absolute atomic E-state index is 12.1. The molecule has 0 aromatic heterocycles. The topological polar surface area (TPSA) is 106 Å². The van der Waals surface area contributed by atoms with Crippen molar-refractivity contribution >= 4 is 18.0 Å². The van der Waals surface area contributed by atoms with Crippen molar-refractivity contribution in [2.24, 2.45) is 0 Å². The van der Waals surface area contributed by atoms with Gasteiger partial charge in [0.25, 0.3) is 5.91 Å². The van der Waals surface area contributed by atoms with Gasteiger partial charge >= 0.3 is 12.1 Å². The summed E-state index contributed by atoms with van der Waals surface area (Å²) in [5, 5.41) is 5.26. The van der Waals surface area contributed by atoms with Gasteiger partial charge in [-0.2, -0.15) is 0 Å². The molecular formula is C18H24N2O6. The monoisotopic (exact) mass is 364 g/mol. The van der Waals surface area contributed by atoms with E-state index in [2.05, 4.69) is 10.6 Å². The van der Waals surface area contributed by atoms with E-state index in [1.807, 2.05) is 37.3 Å². The molecule has 2 amide bonds. The third-order valence-electron chi connectivity index (χ3n) is 3.67. The molecule has 3 unspecified atom stereocenters. The van der Waals surface area contributed by atoms with Gasteiger partial charge in [0.1, 0.15) is 12.8 Å². The number of carbonyl (C=O) groups is 3. The first-order valence-electron chi connectivity index (χ1n) is 8.64. The maximum atomic E-state index is 12.1. The number of alkyl carbamates (subject to hydrolysis) is 1. The summed E-state index contributed by atoms with van der Waals surface area (Å²) in [6, 6.07) is 9.27. The van der Waals surface area contributed by atoms with E-state index in [0.717, 1.165) is 12.0 Å². The highest BCUT2D eigenvalue weighted by atomic mass is 16.6. The highest BCUT2D eigenvalue weighted by Crippen LogP contribution is 2.23. The quantitative estimate of drug-likeness (QED) is 0.391. The van der Waals surface area contributed by atoms with Crippen LogP contribution in [-0.2, 0) is 30.4 Å². The van der Waals surface area contributed by atoms with Gasteiger partial charge in [-0.05, 0) is 18.9 Å². The summed E-state index contributed by atoms with van der Waals surface area (Å²) in [7, 11) is 0. The molecule has 1 saturated heterocycles. The van der Waals surface area contributed by atoms with Crippen molar-refractivity contribution in [3.63, 3.8) is 0 Å². The molecule has 1 aromatic carbocycles. The number of ether oxygens (including phenoxy) is 3. The molecule has 2 N–H and O–H groups in total. The zero-order valence-electron chi connectivity index (χ0n) is 14.9. The summed E-state index contributed by atoms with van der Waals surface area (Å²) in [6.45, 7) is 3.96. The van der Waals surface area contributed by atoms with E-state index >= 15 is 0 Å². The number of epoxide rings is 1. The fourth-order valence-electron chi connectivity index (χ4n) is 2.35. The molecule has 142 valence electrons. The summed E-state index contributed by atoms with van der Waals surface area (Å²) in [5.74, 6) is -1.03.